The standard InChI is InChI=1S/C19H30N2O/c1-14(2)15(3)20-19(22)13-21(16(4)18-10-11-18)12-17-8-6-5-7-9-17/h5-9,14-16,18H,10-13H2,1-4H3,(H,20,22). The molecule has 122 valence electrons. The average Bonchev–Trinajstić information content (AvgIpc) is 3.31. The molecule has 2 unspecified atom stereocenters. The van der Waals surface area contributed by atoms with Gasteiger partial charge in [-0.15, -0.1) is 0 Å². The highest BCUT2D eigenvalue weighted by atomic mass is 16.2. The predicted octanol–water partition coefficient (Wildman–Crippen LogP) is 3.45. The van der Waals surface area contributed by atoms with Gasteiger partial charge in [-0.1, -0.05) is 44.2 Å². The topological polar surface area (TPSA) is 32.3 Å². The van der Waals surface area contributed by atoms with Crippen LogP contribution in [0.1, 0.15) is 46.1 Å². The first-order chi connectivity index (χ1) is 10.5. The third-order valence-corrected chi connectivity index (χ3v) is 4.84. The van der Waals surface area contributed by atoms with Crippen LogP contribution in [-0.4, -0.2) is 29.4 Å². The van der Waals surface area contributed by atoms with E-state index in [0.717, 1.165) is 12.5 Å². The second-order valence-electron chi connectivity index (χ2n) is 7.07. The van der Waals surface area contributed by atoms with Gasteiger partial charge in [-0.3, -0.25) is 9.69 Å². The Morgan fingerprint density at radius 3 is 2.36 bits per heavy atom. The number of carbonyl (C=O) groups excluding carboxylic acids is 1. The summed E-state index contributed by atoms with van der Waals surface area (Å²) in [5, 5.41) is 3.13. The van der Waals surface area contributed by atoms with Crippen LogP contribution in [0.5, 0.6) is 0 Å². The highest BCUT2D eigenvalue weighted by Gasteiger charge is 2.32. The Hall–Kier alpha value is -1.35. The van der Waals surface area contributed by atoms with E-state index in [2.05, 4.69) is 62.2 Å². The molecule has 0 saturated heterocycles. The van der Waals surface area contributed by atoms with Crippen molar-refractivity contribution in [2.75, 3.05) is 6.54 Å². The molecule has 0 bridgehead atoms. The summed E-state index contributed by atoms with van der Waals surface area (Å²) >= 11 is 0. The molecule has 1 aliphatic rings. The second-order valence-corrected chi connectivity index (χ2v) is 7.07. The van der Waals surface area contributed by atoms with E-state index in [-0.39, 0.29) is 11.9 Å². The quantitative estimate of drug-likeness (QED) is 0.798. The summed E-state index contributed by atoms with van der Waals surface area (Å²) in [6.07, 6.45) is 2.60. The number of carbonyl (C=O) groups is 1. The number of rotatable bonds is 8. The first-order valence-electron chi connectivity index (χ1n) is 8.54. The van der Waals surface area contributed by atoms with Crippen molar-refractivity contribution in [1.82, 2.24) is 10.2 Å². The number of nitrogens with zero attached hydrogens (tertiary/aromatic N) is 1. The molecule has 0 heterocycles. The number of nitrogens with one attached hydrogen (secondary N) is 1. The third-order valence-electron chi connectivity index (χ3n) is 4.84. The van der Waals surface area contributed by atoms with Gasteiger partial charge in [0, 0.05) is 18.6 Å². The van der Waals surface area contributed by atoms with Crippen LogP contribution in [0.4, 0.5) is 0 Å². The van der Waals surface area contributed by atoms with Crippen molar-refractivity contribution in [3.63, 3.8) is 0 Å². The number of hydrogen-bond donors (Lipinski definition) is 1. The lowest BCUT2D eigenvalue weighted by Crippen LogP contribution is -2.45. The van der Waals surface area contributed by atoms with Crippen LogP contribution in [0.15, 0.2) is 30.3 Å². The maximum Gasteiger partial charge on any atom is 0.234 e. The zero-order valence-electron chi connectivity index (χ0n) is 14.4. The Kier molecular flexibility index (Phi) is 6.01. The fourth-order valence-corrected chi connectivity index (χ4v) is 2.69. The molecule has 1 aliphatic carbocycles. The van der Waals surface area contributed by atoms with E-state index in [1.165, 1.54) is 18.4 Å². The SMILES string of the molecule is CC(C)C(C)NC(=O)CN(Cc1ccccc1)C(C)C1CC1. The van der Waals surface area contributed by atoms with Crippen molar-refractivity contribution in [2.45, 2.75) is 59.2 Å². The van der Waals surface area contributed by atoms with Gasteiger partial charge in [0.25, 0.3) is 0 Å². The molecule has 1 fully saturated rings. The summed E-state index contributed by atoms with van der Waals surface area (Å²) in [6, 6.07) is 11.1. The Bertz CT molecular complexity index is 468. The summed E-state index contributed by atoms with van der Waals surface area (Å²) < 4.78 is 0. The Balaban J connectivity index is 1.96. The molecule has 3 nitrogen and oxygen atoms in total. The van der Waals surface area contributed by atoms with Crippen LogP contribution in [0.2, 0.25) is 0 Å². The lowest BCUT2D eigenvalue weighted by atomic mass is 10.1. The summed E-state index contributed by atoms with van der Waals surface area (Å²) in [7, 11) is 0. The molecule has 0 aliphatic heterocycles. The van der Waals surface area contributed by atoms with E-state index in [1.54, 1.807) is 0 Å². The Morgan fingerprint density at radius 2 is 1.82 bits per heavy atom. The molecule has 3 heteroatoms. The van der Waals surface area contributed by atoms with E-state index < -0.39 is 0 Å². The van der Waals surface area contributed by atoms with E-state index in [9.17, 15) is 4.79 Å². The maximum absolute atomic E-state index is 12.4. The van der Waals surface area contributed by atoms with Crippen LogP contribution >= 0.6 is 0 Å². The fraction of sp³-hybridized carbons (Fsp3) is 0.632. The third kappa shape index (κ3) is 5.13. The normalized spacial score (nSPS) is 17.5. The van der Waals surface area contributed by atoms with Crippen molar-refractivity contribution in [1.29, 1.82) is 0 Å². The molecule has 1 amide bonds. The van der Waals surface area contributed by atoms with E-state index in [1.807, 2.05) is 6.07 Å². The monoisotopic (exact) mass is 302 g/mol. The Morgan fingerprint density at radius 1 is 1.18 bits per heavy atom. The highest BCUT2D eigenvalue weighted by molar-refractivity contribution is 5.78. The zero-order chi connectivity index (χ0) is 16.1. The molecule has 0 aromatic heterocycles. The van der Waals surface area contributed by atoms with E-state index in [0.29, 0.717) is 18.5 Å². The zero-order valence-corrected chi connectivity index (χ0v) is 14.4. The minimum atomic E-state index is 0.143. The average molecular weight is 302 g/mol. The lowest BCUT2D eigenvalue weighted by Gasteiger charge is -2.29. The van der Waals surface area contributed by atoms with E-state index >= 15 is 0 Å². The maximum atomic E-state index is 12.4. The molecular weight excluding hydrogens is 272 g/mol. The molecule has 22 heavy (non-hydrogen) atoms. The van der Waals surface area contributed by atoms with Gasteiger partial charge in [0.2, 0.25) is 5.91 Å². The van der Waals surface area contributed by atoms with Gasteiger partial charge in [-0.2, -0.15) is 0 Å². The van der Waals surface area contributed by atoms with Gasteiger partial charge in [-0.05, 0) is 44.1 Å². The lowest BCUT2D eigenvalue weighted by molar-refractivity contribution is -0.123. The number of hydrogen-bond acceptors (Lipinski definition) is 2. The van der Waals surface area contributed by atoms with Gasteiger partial charge >= 0.3 is 0 Å². The number of amides is 1. The largest absolute Gasteiger partial charge is 0.352 e. The molecule has 0 radical (unpaired) electrons. The molecule has 1 aromatic carbocycles. The summed E-state index contributed by atoms with van der Waals surface area (Å²) in [5.74, 6) is 1.37. The molecule has 2 rings (SSSR count). The van der Waals surface area contributed by atoms with Gasteiger partial charge in [0.15, 0.2) is 0 Å². The van der Waals surface area contributed by atoms with Gasteiger partial charge in [0.1, 0.15) is 0 Å². The minimum absolute atomic E-state index is 0.143. The first-order valence-corrected chi connectivity index (χ1v) is 8.54. The van der Waals surface area contributed by atoms with Crippen molar-refractivity contribution >= 4 is 5.91 Å². The Labute approximate surface area is 135 Å². The summed E-state index contributed by atoms with van der Waals surface area (Å²) in [6.45, 7) is 9.96. The van der Waals surface area contributed by atoms with Gasteiger partial charge in [-0.25, -0.2) is 0 Å². The number of benzene rings is 1. The minimum Gasteiger partial charge on any atom is -0.352 e. The molecule has 1 saturated carbocycles. The van der Waals surface area contributed by atoms with Crippen molar-refractivity contribution in [3.05, 3.63) is 35.9 Å². The smallest absolute Gasteiger partial charge is 0.234 e. The van der Waals surface area contributed by atoms with Crippen LogP contribution < -0.4 is 5.32 Å². The van der Waals surface area contributed by atoms with Crippen LogP contribution in [-0.2, 0) is 11.3 Å². The molecule has 1 aromatic rings. The van der Waals surface area contributed by atoms with Gasteiger partial charge < -0.3 is 5.32 Å². The van der Waals surface area contributed by atoms with Crippen LogP contribution in [0.3, 0.4) is 0 Å². The molecule has 1 N–H and O–H groups in total. The second kappa shape index (κ2) is 7.77. The summed E-state index contributed by atoms with van der Waals surface area (Å²) in [5.41, 5.74) is 1.28. The van der Waals surface area contributed by atoms with Crippen molar-refractivity contribution in [2.24, 2.45) is 11.8 Å². The van der Waals surface area contributed by atoms with Crippen molar-refractivity contribution in [3.8, 4) is 0 Å². The van der Waals surface area contributed by atoms with Crippen LogP contribution in [0, 0.1) is 11.8 Å². The fourth-order valence-electron chi connectivity index (χ4n) is 2.69. The first kappa shape index (κ1) is 17.0. The van der Waals surface area contributed by atoms with Gasteiger partial charge in [0.05, 0.1) is 6.54 Å². The van der Waals surface area contributed by atoms with E-state index in [4.69, 9.17) is 0 Å². The molecule has 0 spiro atoms. The van der Waals surface area contributed by atoms with Crippen LogP contribution in [0.25, 0.3) is 0 Å². The summed E-state index contributed by atoms with van der Waals surface area (Å²) in [4.78, 5) is 14.7. The van der Waals surface area contributed by atoms with Crippen molar-refractivity contribution < 1.29 is 4.79 Å². The highest BCUT2D eigenvalue weighted by Crippen LogP contribution is 2.35. The predicted molar refractivity (Wildman–Crippen MR) is 91.5 cm³/mol. The molecular formula is C19H30N2O. The molecule has 2 atom stereocenters.